The molecule has 1 aliphatic rings. The number of imidazole rings is 1. The number of aromatic nitrogens is 2. The van der Waals surface area contributed by atoms with E-state index in [0.29, 0.717) is 18.7 Å². The number of aryl methyl sites for hydroxylation is 1. The molecule has 0 unspecified atom stereocenters. The highest BCUT2D eigenvalue weighted by Gasteiger charge is 2.31. The Morgan fingerprint density at radius 2 is 2.00 bits per heavy atom. The number of carbonyl (C=O) groups is 1. The number of likely N-dealkylation sites (tertiary alicyclic amines) is 1. The molecule has 128 valence electrons. The lowest BCUT2D eigenvalue weighted by Gasteiger charge is -2.36. The Bertz CT molecular complexity index is 904. The second-order valence-corrected chi connectivity index (χ2v) is 6.68. The van der Waals surface area contributed by atoms with Gasteiger partial charge in [0.25, 0.3) is 5.91 Å². The van der Waals surface area contributed by atoms with E-state index in [1.54, 1.807) is 11.2 Å². The third-order valence-corrected chi connectivity index (χ3v) is 5.07. The average molecular weight is 335 g/mol. The molecule has 2 heterocycles. The van der Waals surface area contributed by atoms with Crippen molar-refractivity contribution >= 4 is 16.9 Å². The van der Waals surface area contributed by atoms with Gasteiger partial charge in [-0.15, -0.1) is 0 Å². The Labute approximate surface area is 146 Å². The normalized spacial score (nSPS) is 20.8. The fraction of sp³-hybridized carbons (Fsp3) is 0.300. The molecule has 1 saturated heterocycles. The average Bonchev–Trinajstić information content (AvgIpc) is 3.02. The van der Waals surface area contributed by atoms with Crippen LogP contribution in [-0.4, -0.2) is 44.7 Å². The number of aliphatic hydroxyl groups excluding tert-OH is 1. The topological polar surface area (TPSA) is 58.4 Å². The van der Waals surface area contributed by atoms with Crippen LogP contribution in [-0.2, 0) is 7.05 Å². The summed E-state index contributed by atoms with van der Waals surface area (Å²) in [4.78, 5) is 18.9. The first-order valence-electron chi connectivity index (χ1n) is 8.57. The van der Waals surface area contributed by atoms with Crippen molar-refractivity contribution < 1.29 is 9.90 Å². The largest absolute Gasteiger partial charge is 0.391 e. The molecule has 1 fully saturated rings. The fourth-order valence-electron chi connectivity index (χ4n) is 3.66. The van der Waals surface area contributed by atoms with Gasteiger partial charge in [0, 0.05) is 31.6 Å². The van der Waals surface area contributed by atoms with Gasteiger partial charge in [-0.3, -0.25) is 4.79 Å². The molecule has 3 aromatic rings. The van der Waals surface area contributed by atoms with Gasteiger partial charge in [0.05, 0.1) is 23.5 Å². The van der Waals surface area contributed by atoms with Crippen LogP contribution in [0.3, 0.4) is 0 Å². The smallest absolute Gasteiger partial charge is 0.254 e. The predicted octanol–water partition coefficient (Wildman–Crippen LogP) is 2.56. The molecule has 0 spiro atoms. The van der Waals surface area contributed by atoms with Crippen molar-refractivity contribution in [1.29, 1.82) is 0 Å². The fourth-order valence-corrected chi connectivity index (χ4v) is 3.66. The van der Waals surface area contributed by atoms with Crippen molar-refractivity contribution in [2.24, 2.45) is 7.05 Å². The van der Waals surface area contributed by atoms with E-state index in [9.17, 15) is 9.90 Å². The number of hydrogen-bond acceptors (Lipinski definition) is 3. The zero-order valence-electron chi connectivity index (χ0n) is 14.2. The zero-order valence-corrected chi connectivity index (χ0v) is 14.2. The summed E-state index contributed by atoms with van der Waals surface area (Å²) in [5, 5.41) is 10.6. The monoisotopic (exact) mass is 335 g/mol. The van der Waals surface area contributed by atoms with Crippen molar-refractivity contribution in [3.8, 4) is 0 Å². The maximum Gasteiger partial charge on any atom is 0.254 e. The molecule has 4 rings (SSSR count). The quantitative estimate of drug-likeness (QED) is 0.783. The van der Waals surface area contributed by atoms with Crippen molar-refractivity contribution in [1.82, 2.24) is 14.5 Å². The highest BCUT2D eigenvalue weighted by molar-refractivity contribution is 5.97. The molecule has 1 aliphatic heterocycles. The summed E-state index contributed by atoms with van der Waals surface area (Å²) in [5.74, 6) is 0.0432. The minimum atomic E-state index is -0.543. The van der Waals surface area contributed by atoms with Gasteiger partial charge in [0.1, 0.15) is 0 Å². The summed E-state index contributed by atoms with van der Waals surface area (Å²) >= 11 is 0. The Kier molecular flexibility index (Phi) is 4.01. The Balaban J connectivity index is 1.51. The van der Waals surface area contributed by atoms with Crippen LogP contribution in [0.2, 0.25) is 0 Å². The predicted molar refractivity (Wildman–Crippen MR) is 96.4 cm³/mol. The van der Waals surface area contributed by atoms with Gasteiger partial charge in [-0.2, -0.15) is 0 Å². The number of nitrogens with zero attached hydrogens (tertiary/aromatic N) is 3. The van der Waals surface area contributed by atoms with E-state index in [-0.39, 0.29) is 11.8 Å². The molecule has 2 atom stereocenters. The van der Waals surface area contributed by atoms with E-state index in [1.807, 2.05) is 60.1 Å². The SMILES string of the molecule is Cn1cnc2cc(C(=O)N3CC[C@H](c4ccccc4)[C@H](O)C3)ccc21. The molecule has 5 heteroatoms. The van der Waals surface area contributed by atoms with Crippen LogP contribution in [0.15, 0.2) is 54.9 Å². The third-order valence-electron chi connectivity index (χ3n) is 5.07. The molecular formula is C20H21N3O2. The van der Waals surface area contributed by atoms with E-state index in [0.717, 1.165) is 23.0 Å². The first-order valence-corrected chi connectivity index (χ1v) is 8.57. The Morgan fingerprint density at radius 3 is 2.76 bits per heavy atom. The summed E-state index contributed by atoms with van der Waals surface area (Å²) in [6.45, 7) is 1.01. The maximum atomic E-state index is 12.8. The van der Waals surface area contributed by atoms with Crippen LogP contribution < -0.4 is 0 Å². The van der Waals surface area contributed by atoms with Gasteiger partial charge in [-0.25, -0.2) is 4.98 Å². The van der Waals surface area contributed by atoms with Crippen molar-refractivity contribution in [2.75, 3.05) is 13.1 Å². The maximum absolute atomic E-state index is 12.8. The highest BCUT2D eigenvalue weighted by atomic mass is 16.3. The number of rotatable bonds is 2. The van der Waals surface area contributed by atoms with E-state index in [2.05, 4.69) is 4.98 Å². The number of hydrogen-bond donors (Lipinski definition) is 1. The molecule has 1 aromatic heterocycles. The lowest BCUT2D eigenvalue weighted by Crippen LogP contribution is -2.45. The second kappa shape index (κ2) is 6.33. The molecule has 0 bridgehead atoms. The minimum absolute atomic E-state index is 0.0434. The lowest BCUT2D eigenvalue weighted by atomic mass is 9.87. The number of β-amino-alcohol motifs (C(OH)–C–C–N with tert-alkyl or cyclic N) is 1. The lowest BCUT2D eigenvalue weighted by molar-refractivity contribution is 0.0382. The van der Waals surface area contributed by atoms with E-state index in [4.69, 9.17) is 0 Å². The minimum Gasteiger partial charge on any atom is -0.391 e. The van der Waals surface area contributed by atoms with Gasteiger partial charge in [-0.05, 0) is 30.2 Å². The summed E-state index contributed by atoms with van der Waals surface area (Å²) in [6, 6.07) is 15.6. The summed E-state index contributed by atoms with van der Waals surface area (Å²) in [6.07, 6.45) is 1.97. The Hall–Kier alpha value is -2.66. The first-order chi connectivity index (χ1) is 12.1. The van der Waals surface area contributed by atoms with E-state index >= 15 is 0 Å². The van der Waals surface area contributed by atoms with Gasteiger partial charge < -0.3 is 14.6 Å². The van der Waals surface area contributed by atoms with Crippen molar-refractivity contribution in [3.05, 3.63) is 66.0 Å². The summed E-state index contributed by atoms with van der Waals surface area (Å²) in [5.41, 5.74) is 3.57. The van der Waals surface area contributed by atoms with Crippen molar-refractivity contribution in [2.45, 2.75) is 18.4 Å². The molecule has 0 aliphatic carbocycles. The highest BCUT2D eigenvalue weighted by Crippen LogP contribution is 2.29. The number of amides is 1. The summed E-state index contributed by atoms with van der Waals surface area (Å²) in [7, 11) is 1.93. The van der Waals surface area contributed by atoms with Gasteiger partial charge in [0.15, 0.2) is 0 Å². The standard InChI is InChI=1S/C20H21N3O2/c1-22-13-21-17-11-15(7-8-18(17)22)20(25)23-10-9-16(19(24)12-23)14-5-3-2-4-6-14/h2-8,11,13,16,19,24H,9-10,12H2,1H3/t16-,19-/m1/s1. The first kappa shape index (κ1) is 15.8. The zero-order chi connectivity index (χ0) is 17.4. The van der Waals surface area contributed by atoms with E-state index in [1.165, 1.54) is 0 Å². The number of fused-ring (bicyclic) bond motifs is 1. The number of carbonyl (C=O) groups excluding carboxylic acids is 1. The van der Waals surface area contributed by atoms with Crippen LogP contribution in [0, 0.1) is 0 Å². The number of benzene rings is 2. The van der Waals surface area contributed by atoms with Gasteiger partial charge >= 0.3 is 0 Å². The molecule has 2 aromatic carbocycles. The number of piperidine rings is 1. The third kappa shape index (κ3) is 2.91. The van der Waals surface area contributed by atoms with Gasteiger partial charge in [0.2, 0.25) is 0 Å². The van der Waals surface area contributed by atoms with Gasteiger partial charge in [-0.1, -0.05) is 30.3 Å². The molecule has 0 saturated carbocycles. The van der Waals surface area contributed by atoms with Crippen LogP contribution in [0.5, 0.6) is 0 Å². The van der Waals surface area contributed by atoms with Crippen LogP contribution >= 0.6 is 0 Å². The van der Waals surface area contributed by atoms with E-state index < -0.39 is 6.10 Å². The molecule has 5 nitrogen and oxygen atoms in total. The molecule has 1 amide bonds. The molecule has 0 radical (unpaired) electrons. The molecule has 25 heavy (non-hydrogen) atoms. The van der Waals surface area contributed by atoms with Crippen LogP contribution in [0.25, 0.3) is 11.0 Å². The van der Waals surface area contributed by atoms with Crippen LogP contribution in [0.4, 0.5) is 0 Å². The Morgan fingerprint density at radius 1 is 1.20 bits per heavy atom. The summed E-state index contributed by atoms with van der Waals surface area (Å²) < 4.78 is 1.93. The number of aliphatic hydroxyl groups is 1. The molecular weight excluding hydrogens is 314 g/mol. The molecule has 1 N–H and O–H groups in total. The van der Waals surface area contributed by atoms with Crippen molar-refractivity contribution in [3.63, 3.8) is 0 Å². The second-order valence-electron chi connectivity index (χ2n) is 6.68. The van der Waals surface area contributed by atoms with Crippen LogP contribution in [0.1, 0.15) is 28.3 Å².